The molecule has 1 saturated carbocycles. The van der Waals surface area contributed by atoms with E-state index in [0.717, 1.165) is 38.6 Å². The molecule has 1 unspecified atom stereocenters. The molecular weight excluding hydrogens is 284 g/mol. The Morgan fingerprint density at radius 2 is 1.76 bits per heavy atom. The number of hydrogen-bond donors (Lipinski definition) is 1. The van der Waals surface area contributed by atoms with Gasteiger partial charge in [0.2, 0.25) is 10.0 Å². The summed E-state index contributed by atoms with van der Waals surface area (Å²) in [6, 6.07) is 0.420. The highest BCUT2D eigenvalue weighted by Crippen LogP contribution is 2.27. The lowest BCUT2D eigenvalue weighted by atomic mass is 10.1. The molecule has 0 amide bonds. The van der Waals surface area contributed by atoms with Crippen molar-refractivity contribution < 1.29 is 8.42 Å². The second-order valence-corrected chi connectivity index (χ2v) is 9.12. The largest absolute Gasteiger partial charge is 0.313 e. The molecule has 5 heteroatoms. The van der Waals surface area contributed by atoms with Crippen molar-refractivity contribution in [3.8, 4) is 0 Å². The van der Waals surface area contributed by atoms with E-state index in [9.17, 15) is 8.42 Å². The zero-order chi connectivity index (χ0) is 15.3. The lowest BCUT2D eigenvalue weighted by Crippen LogP contribution is -2.47. The van der Waals surface area contributed by atoms with Gasteiger partial charge in [-0.3, -0.25) is 0 Å². The Labute approximate surface area is 130 Å². The second kappa shape index (κ2) is 7.93. The summed E-state index contributed by atoms with van der Waals surface area (Å²) in [4.78, 5) is 0. The van der Waals surface area contributed by atoms with E-state index < -0.39 is 10.0 Å². The first-order chi connectivity index (χ1) is 9.99. The van der Waals surface area contributed by atoms with Crippen LogP contribution >= 0.6 is 0 Å². The molecule has 0 aromatic heterocycles. The van der Waals surface area contributed by atoms with Crippen LogP contribution in [-0.4, -0.2) is 43.6 Å². The van der Waals surface area contributed by atoms with E-state index in [0.29, 0.717) is 18.2 Å². The fraction of sp³-hybridized carbons (Fsp3) is 1.00. The van der Waals surface area contributed by atoms with Crippen LogP contribution in [0.25, 0.3) is 0 Å². The first-order valence-electron chi connectivity index (χ1n) is 8.72. The first-order valence-corrected chi connectivity index (χ1v) is 10.3. The van der Waals surface area contributed by atoms with E-state index in [4.69, 9.17) is 0 Å². The Kier molecular flexibility index (Phi) is 6.51. The smallest absolute Gasteiger partial charge is 0.215 e. The van der Waals surface area contributed by atoms with E-state index in [-0.39, 0.29) is 12.1 Å². The van der Waals surface area contributed by atoms with Crippen LogP contribution in [0.2, 0.25) is 0 Å². The number of piperidine rings is 1. The van der Waals surface area contributed by atoms with Crippen molar-refractivity contribution in [2.24, 2.45) is 5.92 Å². The van der Waals surface area contributed by atoms with Crippen molar-refractivity contribution in [1.29, 1.82) is 0 Å². The molecule has 2 rings (SSSR count). The van der Waals surface area contributed by atoms with Crippen LogP contribution in [0.5, 0.6) is 0 Å². The predicted octanol–water partition coefficient (Wildman–Crippen LogP) is 2.75. The Hall–Kier alpha value is -0.130. The summed E-state index contributed by atoms with van der Waals surface area (Å²) < 4.78 is 27.6. The van der Waals surface area contributed by atoms with Gasteiger partial charge in [-0.05, 0) is 44.6 Å². The Morgan fingerprint density at radius 3 is 2.33 bits per heavy atom. The lowest BCUT2D eigenvalue weighted by Gasteiger charge is -2.31. The fourth-order valence-corrected chi connectivity index (χ4v) is 5.58. The molecule has 1 N–H and O–H groups in total. The first kappa shape index (κ1) is 17.2. The summed E-state index contributed by atoms with van der Waals surface area (Å²) in [5.41, 5.74) is 0. The van der Waals surface area contributed by atoms with Gasteiger partial charge in [-0.2, -0.15) is 4.31 Å². The second-order valence-electron chi connectivity index (χ2n) is 7.16. The summed E-state index contributed by atoms with van der Waals surface area (Å²) in [6.07, 6.45) is 8.76. The highest BCUT2D eigenvalue weighted by Gasteiger charge is 2.33. The van der Waals surface area contributed by atoms with Gasteiger partial charge < -0.3 is 5.32 Å². The van der Waals surface area contributed by atoms with Crippen LogP contribution in [0.15, 0.2) is 0 Å². The molecular formula is C16H32N2O2S. The van der Waals surface area contributed by atoms with Gasteiger partial charge in [-0.1, -0.05) is 33.1 Å². The van der Waals surface area contributed by atoms with Crippen molar-refractivity contribution in [2.75, 3.05) is 18.8 Å². The maximum Gasteiger partial charge on any atom is 0.215 e. The molecule has 1 heterocycles. The molecule has 124 valence electrons. The van der Waals surface area contributed by atoms with Crippen LogP contribution < -0.4 is 5.32 Å². The normalized spacial score (nSPS) is 25.0. The maximum atomic E-state index is 12.9. The molecule has 2 fully saturated rings. The average molecular weight is 317 g/mol. The van der Waals surface area contributed by atoms with E-state index in [1.807, 2.05) is 4.31 Å². The predicted molar refractivity (Wildman–Crippen MR) is 87.8 cm³/mol. The molecule has 0 bridgehead atoms. The molecule has 0 radical (unpaired) electrons. The van der Waals surface area contributed by atoms with E-state index >= 15 is 0 Å². The number of rotatable bonds is 7. The minimum absolute atomic E-state index is 0.159. The molecule has 4 nitrogen and oxygen atoms in total. The van der Waals surface area contributed by atoms with Gasteiger partial charge in [-0.15, -0.1) is 0 Å². The van der Waals surface area contributed by atoms with Crippen molar-refractivity contribution >= 4 is 10.0 Å². The van der Waals surface area contributed by atoms with Gasteiger partial charge in [0.15, 0.2) is 0 Å². The van der Waals surface area contributed by atoms with Gasteiger partial charge in [0.1, 0.15) is 0 Å². The Morgan fingerprint density at radius 1 is 1.10 bits per heavy atom. The third-order valence-electron chi connectivity index (χ3n) is 4.84. The Balaban J connectivity index is 2.01. The SMILES string of the molecule is CC(C)CCN(C1CCCC1)S(=O)(=O)CC1CCCCN1. The highest BCUT2D eigenvalue weighted by molar-refractivity contribution is 7.89. The van der Waals surface area contributed by atoms with Gasteiger partial charge >= 0.3 is 0 Å². The van der Waals surface area contributed by atoms with Crippen LogP contribution in [0.1, 0.15) is 65.2 Å². The fourth-order valence-electron chi connectivity index (χ4n) is 3.54. The summed E-state index contributed by atoms with van der Waals surface area (Å²) in [6.45, 7) is 6.01. The Bertz CT molecular complexity index is 397. The highest BCUT2D eigenvalue weighted by atomic mass is 32.2. The van der Waals surface area contributed by atoms with Crippen LogP contribution in [-0.2, 0) is 10.0 Å². The van der Waals surface area contributed by atoms with Gasteiger partial charge in [0.05, 0.1) is 5.75 Å². The van der Waals surface area contributed by atoms with E-state index in [2.05, 4.69) is 19.2 Å². The third-order valence-corrected chi connectivity index (χ3v) is 6.86. The van der Waals surface area contributed by atoms with Crippen LogP contribution in [0.3, 0.4) is 0 Å². The quantitative estimate of drug-likeness (QED) is 0.786. The average Bonchev–Trinajstić information content (AvgIpc) is 2.92. The monoisotopic (exact) mass is 316 g/mol. The van der Waals surface area contributed by atoms with E-state index in [1.165, 1.54) is 19.3 Å². The van der Waals surface area contributed by atoms with Gasteiger partial charge in [0, 0.05) is 18.6 Å². The number of nitrogens with zero attached hydrogens (tertiary/aromatic N) is 1. The zero-order valence-corrected chi connectivity index (χ0v) is 14.5. The lowest BCUT2D eigenvalue weighted by molar-refractivity contribution is 0.301. The summed E-state index contributed by atoms with van der Waals surface area (Å²) in [5.74, 6) is 0.846. The molecule has 0 aromatic carbocycles. The van der Waals surface area contributed by atoms with Crippen LogP contribution in [0.4, 0.5) is 0 Å². The topological polar surface area (TPSA) is 49.4 Å². The standard InChI is InChI=1S/C16H32N2O2S/c1-14(2)10-12-18(16-8-3-4-9-16)21(19,20)13-15-7-5-6-11-17-15/h14-17H,3-13H2,1-2H3. The van der Waals surface area contributed by atoms with Gasteiger partial charge in [-0.25, -0.2) is 8.42 Å². The van der Waals surface area contributed by atoms with Crippen molar-refractivity contribution in [3.05, 3.63) is 0 Å². The summed E-state index contributed by atoms with van der Waals surface area (Å²) in [5, 5.41) is 3.38. The molecule has 1 saturated heterocycles. The third kappa shape index (κ3) is 5.22. The molecule has 1 aliphatic heterocycles. The maximum absolute atomic E-state index is 12.9. The molecule has 21 heavy (non-hydrogen) atoms. The molecule has 2 aliphatic rings. The summed E-state index contributed by atoms with van der Waals surface area (Å²) in [7, 11) is -3.13. The van der Waals surface area contributed by atoms with Crippen molar-refractivity contribution in [1.82, 2.24) is 9.62 Å². The van der Waals surface area contributed by atoms with Crippen molar-refractivity contribution in [2.45, 2.75) is 77.3 Å². The number of nitrogens with one attached hydrogen (secondary N) is 1. The van der Waals surface area contributed by atoms with E-state index in [1.54, 1.807) is 0 Å². The van der Waals surface area contributed by atoms with Crippen LogP contribution in [0, 0.1) is 5.92 Å². The zero-order valence-electron chi connectivity index (χ0n) is 13.7. The molecule has 1 atom stereocenters. The molecule has 0 aromatic rings. The number of hydrogen-bond acceptors (Lipinski definition) is 3. The minimum atomic E-state index is -3.13. The summed E-state index contributed by atoms with van der Waals surface area (Å²) >= 11 is 0. The molecule has 1 aliphatic carbocycles. The molecule has 0 spiro atoms. The minimum Gasteiger partial charge on any atom is -0.313 e. The van der Waals surface area contributed by atoms with Crippen molar-refractivity contribution in [3.63, 3.8) is 0 Å². The number of sulfonamides is 1. The van der Waals surface area contributed by atoms with Gasteiger partial charge in [0.25, 0.3) is 0 Å².